The second-order valence-electron chi connectivity index (χ2n) is 4.92. The third kappa shape index (κ3) is 2.57. The van der Waals surface area contributed by atoms with E-state index in [1.54, 1.807) is 0 Å². The Kier molecular flexibility index (Phi) is 3.51. The van der Waals surface area contributed by atoms with Crippen LogP contribution in [0.1, 0.15) is 22.6 Å². The number of anilines is 1. The lowest BCUT2D eigenvalue weighted by atomic mass is 9.85. The van der Waals surface area contributed by atoms with Gasteiger partial charge in [-0.1, -0.05) is 72.8 Å². The summed E-state index contributed by atoms with van der Waals surface area (Å²) in [6, 6.07) is 29.3. The minimum atomic E-state index is 0.248. The first-order valence-corrected chi connectivity index (χ1v) is 6.80. The van der Waals surface area contributed by atoms with Crippen molar-refractivity contribution in [2.45, 2.75) is 5.92 Å². The lowest BCUT2D eigenvalue weighted by molar-refractivity contribution is 0.978. The van der Waals surface area contributed by atoms with E-state index in [0.29, 0.717) is 0 Å². The van der Waals surface area contributed by atoms with E-state index in [1.807, 2.05) is 12.1 Å². The molecular weight excluding hydrogens is 242 g/mol. The van der Waals surface area contributed by atoms with Gasteiger partial charge in [0.15, 0.2) is 0 Å². The highest BCUT2D eigenvalue weighted by atomic mass is 14.5. The Morgan fingerprint density at radius 2 is 0.900 bits per heavy atom. The van der Waals surface area contributed by atoms with Crippen LogP contribution in [0.2, 0.25) is 0 Å². The van der Waals surface area contributed by atoms with Gasteiger partial charge in [-0.15, -0.1) is 0 Å². The molecule has 0 aliphatic carbocycles. The molecule has 0 saturated heterocycles. The van der Waals surface area contributed by atoms with E-state index in [2.05, 4.69) is 72.8 Å². The standard InChI is InChI=1S/C19H17N/c20-18-13-11-17(12-14-18)19(15-7-3-1-4-8-15)16-9-5-2-6-10-16/h1-14,19H,20H2. The SMILES string of the molecule is Nc1ccc(C(c2ccccc2)c2ccccc2)cc1. The molecule has 0 atom stereocenters. The minimum absolute atomic E-state index is 0.248. The number of nitrogen functional groups attached to an aromatic ring is 1. The van der Waals surface area contributed by atoms with Gasteiger partial charge in [-0.2, -0.15) is 0 Å². The summed E-state index contributed by atoms with van der Waals surface area (Å²) in [5.41, 5.74) is 10.5. The van der Waals surface area contributed by atoms with Gasteiger partial charge in [-0.25, -0.2) is 0 Å². The van der Waals surface area contributed by atoms with Crippen molar-refractivity contribution in [1.82, 2.24) is 0 Å². The van der Waals surface area contributed by atoms with Crippen LogP contribution < -0.4 is 5.73 Å². The number of benzene rings is 3. The van der Waals surface area contributed by atoms with Gasteiger partial charge in [0.25, 0.3) is 0 Å². The van der Waals surface area contributed by atoms with Crippen LogP contribution in [0.15, 0.2) is 84.9 Å². The van der Waals surface area contributed by atoms with Gasteiger partial charge in [-0.05, 0) is 28.8 Å². The van der Waals surface area contributed by atoms with Crippen molar-refractivity contribution in [3.05, 3.63) is 102 Å². The van der Waals surface area contributed by atoms with Crippen LogP contribution in [-0.4, -0.2) is 0 Å². The van der Waals surface area contributed by atoms with E-state index >= 15 is 0 Å². The molecule has 2 N–H and O–H groups in total. The molecule has 0 spiro atoms. The summed E-state index contributed by atoms with van der Waals surface area (Å²) in [4.78, 5) is 0. The topological polar surface area (TPSA) is 26.0 Å². The van der Waals surface area contributed by atoms with Crippen molar-refractivity contribution in [3.8, 4) is 0 Å². The average Bonchev–Trinajstić information content (AvgIpc) is 2.52. The predicted octanol–water partition coefficient (Wildman–Crippen LogP) is 4.45. The summed E-state index contributed by atoms with van der Waals surface area (Å²) in [5, 5.41) is 0. The van der Waals surface area contributed by atoms with Gasteiger partial charge in [0.1, 0.15) is 0 Å². The summed E-state index contributed by atoms with van der Waals surface area (Å²) >= 11 is 0. The third-order valence-corrected chi connectivity index (χ3v) is 3.54. The van der Waals surface area contributed by atoms with Crippen LogP contribution in [0.4, 0.5) is 5.69 Å². The average molecular weight is 259 g/mol. The normalized spacial score (nSPS) is 10.7. The Labute approximate surface area is 119 Å². The van der Waals surface area contributed by atoms with Crippen LogP contribution in [0.3, 0.4) is 0 Å². The molecule has 0 amide bonds. The van der Waals surface area contributed by atoms with Crippen molar-refractivity contribution in [3.63, 3.8) is 0 Å². The Morgan fingerprint density at radius 3 is 1.35 bits per heavy atom. The zero-order chi connectivity index (χ0) is 13.8. The molecule has 3 rings (SSSR count). The summed E-state index contributed by atoms with van der Waals surface area (Å²) in [6.07, 6.45) is 0. The van der Waals surface area contributed by atoms with E-state index in [-0.39, 0.29) is 5.92 Å². The van der Waals surface area contributed by atoms with Crippen LogP contribution in [0.5, 0.6) is 0 Å². The molecule has 20 heavy (non-hydrogen) atoms. The largest absolute Gasteiger partial charge is 0.399 e. The fraction of sp³-hybridized carbons (Fsp3) is 0.0526. The monoisotopic (exact) mass is 259 g/mol. The molecule has 0 fully saturated rings. The maximum atomic E-state index is 5.80. The first kappa shape index (κ1) is 12.5. The molecule has 0 heterocycles. The van der Waals surface area contributed by atoms with Crippen LogP contribution in [-0.2, 0) is 0 Å². The third-order valence-electron chi connectivity index (χ3n) is 3.54. The van der Waals surface area contributed by atoms with Gasteiger partial charge < -0.3 is 5.73 Å². The van der Waals surface area contributed by atoms with Crippen LogP contribution in [0.25, 0.3) is 0 Å². The van der Waals surface area contributed by atoms with Crippen molar-refractivity contribution in [2.24, 2.45) is 0 Å². The van der Waals surface area contributed by atoms with Gasteiger partial charge >= 0.3 is 0 Å². The Morgan fingerprint density at radius 1 is 0.500 bits per heavy atom. The molecule has 0 aromatic heterocycles. The number of nitrogens with two attached hydrogens (primary N) is 1. The summed E-state index contributed by atoms with van der Waals surface area (Å²) < 4.78 is 0. The molecular formula is C19H17N. The highest BCUT2D eigenvalue weighted by Crippen LogP contribution is 2.31. The molecule has 1 nitrogen and oxygen atoms in total. The van der Waals surface area contributed by atoms with E-state index in [1.165, 1.54) is 16.7 Å². The molecule has 0 saturated carbocycles. The fourth-order valence-corrected chi connectivity index (χ4v) is 2.56. The Bertz CT molecular complexity index is 618. The summed E-state index contributed by atoms with van der Waals surface area (Å²) in [5.74, 6) is 0.248. The maximum absolute atomic E-state index is 5.80. The second-order valence-corrected chi connectivity index (χ2v) is 4.92. The number of hydrogen-bond acceptors (Lipinski definition) is 1. The Balaban J connectivity index is 2.11. The zero-order valence-corrected chi connectivity index (χ0v) is 11.2. The highest BCUT2D eigenvalue weighted by molar-refractivity contribution is 5.47. The van der Waals surface area contributed by atoms with Gasteiger partial charge in [0.05, 0.1) is 0 Å². The quantitative estimate of drug-likeness (QED) is 0.546. The summed E-state index contributed by atoms with van der Waals surface area (Å²) in [7, 11) is 0. The molecule has 0 aliphatic heterocycles. The van der Waals surface area contributed by atoms with Crippen molar-refractivity contribution in [2.75, 3.05) is 5.73 Å². The molecule has 0 unspecified atom stereocenters. The molecule has 3 aromatic carbocycles. The number of rotatable bonds is 3. The molecule has 0 aliphatic rings. The molecule has 0 radical (unpaired) electrons. The summed E-state index contributed by atoms with van der Waals surface area (Å²) in [6.45, 7) is 0. The second kappa shape index (κ2) is 5.62. The lowest BCUT2D eigenvalue weighted by Gasteiger charge is -2.19. The molecule has 0 bridgehead atoms. The Hall–Kier alpha value is -2.54. The minimum Gasteiger partial charge on any atom is -0.399 e. The van der Waals surface area contributed by atoms with Crippen LogP contribution in [0, 0.1) is 0 Å². The molecule has 98 valence electrons. The van der Waals surface area contributed by atoms with E-state index in [4.69, 9.17) is 5.73 Å². The smallest absolute Gasteiger partial charge is 0.0340 e. The van der Waals surface area contributed by atoms with Crippen molar-refractivity contribution >= 4 is 5.69 Å². The van der Waals surface area contributed by atoms with E-state index < -0.39 is 0 Å². The fourth-order valence-electron chi connectivity index (χ4n) is 2.56. The highest BCUT2D eigenvalue weighted by Gasteiger charge is 2.15. The lowest BCUT2D eigenvalue weighted by Crippen LogP contribution is -2.03. The van der Waals surface area contributed by atoms with Gasteiger partial charge in [-0.3, -0.25) is 0 Å². The molecule has 3 aromatic rings. The zero-order valence-electron chi connectivity index (χ0n) is 11.2. The van der Waals surface area contributed by atoms with Crippen molar-refractivity contribution < 1.29 is 0 Å². The number of hydrogen-bond donors (Lipinski definition) is 1. The first-order chi connectivity index (χ1) is 9.84. The first-order valence-electron chi connectivity index (χ1n) is 6.80. The van der Waals surface area contributed by atoms with Crippen LogP contribution >= 0.6 is 0 Å². The van der Waals surface area contributed by atoms with E-state index in [0.717, 1.165) is 5.69 Å². The van der Waals surface area contributed by atoms with Crippen molar-refractivity contribution in [1.29, 1.82) is 0 Å². The van der Waals surface area contributed by atoms with Gasteiger partial charge in [0.2, 0.25) is 0 Å². The molecule has 1 heteroatoms. The maximum Gasteiger partial charge on any atom is 0.0340 e. The van der Waals surface area contributed by atoms with Gasteiger partial charge in [0, 0.05) is 11.6 Å². The predicted molar refractivity (Wildman–Crippen MR) is 84.7 cm³/mol. The van der Waals surface area contributed by atoms with E-state index in [9.17, 15) is 0 Å².